The molecule has 2 N–H and O–H groups in total. The third kappa shape index (κ3) is 3.08. The van der Waals surface area contributed by atoms with E-state index in [0.29, 0.717) is 26.1 Å². The van der Waals surface area contributed by atoms with Crippen LogP contribution < -0.4 is 5.32 Å². The van der Waals surface area contributed by atoms with Gasteiger partial charge in [0.05, 0.1) is 18.2 Å². The van der Waals surface area contributed by atoms with E-state index >= 15 is 0 Å². The van der Waals surface area contributed by atoms with E-state index < -0.39 is 6.10 Å². The number of urea groups is 1. The van der Waals surface area contributed by atoms with Gasteiger partial charge in [-0.05, 0) is 30.0 Å². The van der Waals surface area contributed by atoms with E-state index in [4.69, 9.17) is 4.74 Å². The molecule has 0 aliphatic carbocycles. The molecule has 22 heavy (non-hydrogen) atoms. The van der Waals surface area contributed by atoms with Gasteiger partial charge >= 0.3 is 6.03 Å². The van der Waals surface area contributed by atoms with Crippen LogP contribution >= 0.6 is 0 Å². The Labute approximate surface area is 129 Å². The molecule has 1 aromatic heterocycles. The standard InChI is InChI=1S/C16H21N3O3/c1-22-9-8-18-6-4-12-2-3-13(10-15(12)18)17-16(21)19-7-5-14(20)11-19/h2-4,6,10,14,20H,5,7-9,11H2,1H3,(H,17,21). The Morgan fingerprint density at radius 2 is 2.32 bits per heavy atom. The number of aliphatic hydroxyl groups is 1. The summed E-state index contributed by atoms with van der Waals surface area (Å²) in [5, 5.41) is 13.5. The lowest BCUT2D eigenvalue weighted by Crippen LogP contribution is -2.33. The van der Waals surface area contributed by atoms with Gasteiger partial charge in [0.15, 0.2) is 0 Å². The van der Waals surface area contributed by atoms with Gasteiger partial charge in [0, 0.05) is 38.6 Å². The number of anilines is 1. The van der Waals surface area contributed by atoms with Gasteiger partial charge < -0.3 is 24.6 Å². The second kappa shape index (κ2) is 6.37. The molecule has 1 aliphatic rings. The molecule has 6 nitrogen and oxygen atoms in total. The fourth-order valence-corrected chi connectivity index (χ4v) is 2.78. The molecular weight excluding hydrogens is 282 g/mol. The van der Waals surface area contributed by atoms with Crippen LogP contribution in [0.15, 0.2) is 30.5 Å². The molecule has 2 heterocycles. The summed E-state index contributed by atoms with van der Waals surface area (Å²) in [5.74, 6) is 0. The van der Waals surface area contributed by atoms with Gasteiger partial charge in [-0.15, -0.1) is 0 Å². The lowest BCUT2D eigenvalue weighted by Gasteiger charge is -2.16. The maximum atomic E-state index is 12.2. The molecule has 1 aliphatic heterocycles. The van der Waals surface area contributed by atoms with Crippen LogP contribution in [0.2, 0.25) is 0 Å². The van der Waals surface area contributed by atoms with Gasteiger partial charge in [-0.25, -0.2) is 4.79 Å². The SMILES string of the molecule is COCCn1ccc2ccc(NC(=O)N3CCC(O)C3)cc21. The number of nitrogens with one attached hydrogen (secondary N) is 1. The molecule has 1 aromatic carbocycles. The Morgan fingerprint density at radius 1 is 1.45 bits per heavy atom. The zero-order valence-electron chi connectivity index (χ0n) is 12.7. The molecule has 6 heteroatoms. The lowest BCUT2D eigenvalue weighted by atomic mass is 10.2. The number of likely N-dealkylation sites (tertiary alicyclic amines) is 1. The van der Waals surface area contributed by atoms with Gasteiger partial charge in [0.1, 0.15) is 0 Å². The number of β-amino-alcohol motifs (C(OH)–C–C–N with tert-alkyl or cyclic N) is 1. The zero-order chi connectivity index (χ0) is 15.5. The van der Waals surface area contributed by atoms with Crippen LogP contribution in [0.5, 0.6) is 0 Å². The molecule has 2 amide bonds. The predicted molar refractivity (Wildman–Crippen MR) is 85.0 cm³/mol. The van der Waals surface area contributed by atoms with Crippen LogP contribution in [0.4, 0.5) is 10.5 Å². The number of amides is 2. The minimum absolute atomic E-state index is 0.161. The van der Waals surface area contributed by atoms with E-state index in [-0.39, 0.29) is 6.03 Å². The van der Waals surface area contributed by atoms with E-state index in [1.54, 1.807) is 12.0 Å². The Hall–Kier alpha value is -2.05. The highest BCUT2D eigenvalue weighted by molar-refractivity contribution is 5.93. The number of hydrogen-bond acceptors (Lipinski definition) is 3. The summed E-state index contributed by atoms with van der Waals surface area (Å²) >= 11 is 0. The van der Waals surface area contributed by atoms with Crippen LogP contribution in [0.1, 0.15) is 6.42 Å². The normalized spacial score (nSPS) is 18.1. The minimum atomic E-state index is -0.403. The number of aromatic nitrogens is 1. The van der Waals surface area contributed by atoms with Crippen LogP contribution in [-0.2, 0) is 11.3 Å². The van der Waals surface area contributed by atoms with Gasteiger partial charge in [-0.2, -0.15) is 0 Å². The second-order valence-corrected chi connectivity index (χ2v) is 5.59. The Morgan fingerprint density at radius 3 is 3.05 bits per heavy atom. The molecule has 1 unspecified atom stereocenters. The molecule has 0 radical (unpaired) electrons. The third-order valence-corrected chi connectivity index (χ3v) is 4.01. The van der Waals surface area contributed by atoms with Crippen molar-refractivity contribution in [1.29, 1.82) is 0 Å². The highest BCUT2D eigenvalue weighted by Crippen LogP contribution is 2.21. The molecule has 0 saturated carbocycles. The van der Waals surface area contributed by atoms with E-state index in [0.717, 1.165) is 23.1 Å². The number of ether oxygens (including phenoxy) is 1. The van der Waals surface area contributed by atoms with E-state index in [2.05, 4.69) is 9.88 Å². The van der Waals surface area contributed by atoms with Crippen LogP contribution in [0, 0.1) is 0 Å². The summed E-state index contributed by atoms with van der Waals surface area (Å²) in [4.78, 5) is 13.8. The van der Waals surface area contributed by atoms with Crippen molar-refractivity contribution in [2.45, 2.75) is 19.1 Å². The number of carbonyl (C=O) groups is 1. The zero-order valence-corrected chi connectivity index (χ0v) is 12.7. The molecule has 0 spiro atoms. The van der Waals surface area contributed by atoms with Crippen molar-refractivity contribution >= 4 is 22.6 Å². The van der Waals surface area contributed by atoms with E-state index in [9.17, 15) is 9.90 Å². The molecular formula is C16H21N3O3. The number of methoxy groups -OCH3 is 1. The topological polar surface area (TPSA) is 66.7 Å². The van der Waals surface area contributed by atoms with Crippen molar-refractivity contribution in [3.05, 3.63) is 30.5 Å². The number of rotatable bonds is 4. The summed E-state index contributed by atoms with van der Waals surface area (Å²) in [6, 6.07) is 7.74. The van der Waals surface area contributed by atoms with Crippen molar-refractivity contribution in [3.63, 3.8) is 0 Å². The van der Waals surface area contributed by atoms with E-state index in [1.165, 1.54) is 0 Å². The average Bonchev–Trinajstić information content (AvgIpc) is 3.11. The second-order valence-electron chi connectivity index (χ2n) is 5.59. The summed E-state index contributed by atoms with van der Waals surface area (Å²) in [7, 11) is 1.68. The van der Waals surface area contributed by atoms with Crippen molar-refractivity contribution in [1.82, 2.24) is 9.47 Å². The Bertz CT molecular complexity index is 668. The maximum Gasteiger partial charge on any atom is 0.321 e. The minimum Gasteiger partial charge on any atom is -0.391 e. The molecule has 3 rings (SSSR count). The molecule has 1 saturated heterocycles. The summed E-state index contributed by atoms with van der Waals surface area (Å²) in [5.41, 5.74) is 1.83. The fourth-order valence-electron chi connectivity index (χ4n) is 2.78. The van der Waals surface area contributed by atoms with Crippen molar-refractivity contribution in [3.8, 4) is 0 Å². The highest BCUT2D eigenvalue weighted by atomic mass is 16.5. The first-order chi connectivity index (χ1) is 10.7. The van der Waals surface area contributed by atoms with Gasteiger partial charge in [0.25, 0.3) is 0 Å². The first-order valence-corrected chi connectivity index (χ1v) is 7.49. The molecule has 0 bridgehead atoms. The number of benzene rings is 1. The Kier molecular flexibility index (Phi) is 4.31. The van der Waals surface area contributed by atoms with Crippen molar-refractivity contribution < 1.29 is 14.6 Å². The van der Waals surface area contributed by atoms with Crippen LogP contribution in [0.3, 0.4) is 0 Å². The maximum absolute atomic E-state index is 12.2. The summed E-state index contributed by atoms with van der Waals surface area (Å²) < 4.78 is 7.22. The first-order valence-electron chi connectivity index (χ1n) is 7.49. The highest BCUT2D eigenvalue weighted by Gasteiger charge is 2.24. The monoisotopic (exact) mass is 303 g/mol. The summed E-state index contributed by atoms with van der Waals surface area (Å²) in [6.07, 6.45) is 2.26. The molecule has 1 fully saturated rings. The van der Waals surface area contributed by atoms with Gasteiger partial charge in [-0.1, -0.05) is 6.07 Å². The van der Waals surface area contributed by atoms with Crippen LogP contribution in [-0.4, -0.2) is 53.5 Å². The number of fused-ring (bicyclic) bond motifs is 1. The largest absolute Gasteiger partial charge is 0.391 e. The van der Waals surface area contributed by atoms with Crippen molar-refractivity contribution in [2.24, 2.45) is 0 Å². The molecule has 118 valence electrons. The fraction of sp³-hybridized carbons (Fsp3) is 0.438. The molecule has 1 atom stereocenters. The smallest absolute Gasteiger partial charge is 0.321 e. The number of aliphatic hydroxyl groups excluding tert-OH is 1. The molecule has 2 aromatic rings. The lowest BCUT2D eigenvalue weighted by molar-refractivity contribution is 0.176. The third-order valence-electron chi connectivity index (χ3n) is 4.01. The Balaban J connectivity index is 1.74. The number of hydrogen-bond donors (Lipinski definition) is 2. The average molecular weight is 303 g/mol. The predicted octanol–water partition coefficient (Wildman–Crippen LogP) is 1.89. The summed E-state index contributed by atoms with van der Waals surface area (Å²) in [6.45, 7) is 2.42. The number of carbonyl (C=O) groups excluding carboxylic acids is 1. The van der Waals surface area contributed by atoms with Crippen molar-refractivity contribution in [2.75, 3.05) is 32.1 Å². The van der Waals surface area contributed by atoms with Crippen LogP contribution in [0.25, 0.3) is 10.9 Å². The van der Waals surface area contributed by atoms with Gasteiger partial charge in [-0.3, -0.25) is 0 Å². The van der Waals surface area contributed by atoms with E-state index in [1.807, 2.05) is 30.5 Å². The quantitative estimate of drug-likeness (QED) is 0.906. The van der Waals surface area contributed by atoms with Gasteiger partial charge in [0.2, 0.25) is 0 Å². The first kappa shape index (κ1) is 14.9. The number of nitrogens with zero attached hydrogens (tertiary/aromatic N) is 2.